The van der Waals surface area contributed by atoms with Crippen molar-refractivity contribution in [3.63, 3.8) is 0 Å². The molecule has 1 aliphatic carbocycles. The molecule has 0 aliphatic heterocycles. The maximum Gasteiger partial charge on any atom is 0.338 e. The van der Waals surface area contributed by atoms with Gasteiger partial charge in [0, 0.05) is 13.2 Å². The van der Waals surface area contributed by atoms with Crippen molar-refractivity contribution in [2.75, 3.05) is 14.2 Å². The number of nitrogens with two attached hydrogens (primary N) is 1. The van der Waals surface area contributed by atoms with Gasteiger partial charge in [0.15, 0.2) is 0 Å². The summed E-state index contributed by atoms with van der Waals surface area (Å²) in [7, 11) is -0.893. The third-order valence-electron chi connectivity index (χ3n) is 3.23. The van der Waals surface area contributed by atoms with Crippen LogP contribution in [0.4, 0.5) is 0 Å². The summed E-state index contributed by atoms with van der Waals surface area (Å²) in [5, 5.41) is 15.9. The van der Waals surface area contributed by atoms with Gasteiger partial charge in [-0.25, -0.2) is 18.4 Å². The number of hydrogen-bond donors (Lipinski definition) is 3. The highest BCUT2D eigenvalue weighted by Crippen LogP contribution is 2.26. The Hall–Kier alpha value is -2.91. The molecule has 8 nitrogen and oxygen atoms in total. The maximum absolute atomic E-state index is 11.7. The second-order valence-electron chi connectivity index (χ2n) is 4.98. The molecule has 132 valence electrons. The summed E-state index contributed by atoms with van der Waals surface area (Å²) in [4.78, 5) is 11.7. The summed E-state index contributed by atoms with van der Waals surface area (Å²) in [5.74, 6) is -0.0379. The molecule has 2 rings (SSSR count). The van der Waals surface area contributed by atoms with Crippen LogP contribution in [0.5, 0.6) is 5.75 Å². The van der Waals surface area contributed by atoms with Gasteiger partial charge in [0.25, 0.3) is 0 Å². The molecule has 1 aromatic carbocycles. The van der Waals surface area contributed by atoms with Crippen LogP contribution in [0, 0.1) is 5.41 Å². The molecule has 0 spiro atoms. The molecule has 4 N–H and O–H groups in total. The molecule has 25 heavy (non-hydrogen) atoms. The Balaban J connectivity index is 2.37. The highest BCUT2D eigenvalue weighted by molar-refractivity contribution is 7.89. The summed E-state index contributed by atoms with van der Waals surface area (Å²) < 4.78 is 32.9. The Kier molecular flexibility index (Phi) is 5.40. The monoisotopic (exact) mass is 363 g/mol. The van der Waals surface area contributed by atoms with Crippen LogP contribution in [0.25, 0.3) is 0 Å². The molecule has 0 radical (unpaired) electrons. The standard InChI is InChI=1S/C16H17N3O5S/c1-19-9-13-14(17)7-10(16(20)23-2)8-15(13)24-11-3-5-12(6-4-11)25(18,21)22/h3-9,17,19H,1-2H3,(H2,18,21,22)/b13-9+,17-14?. The Labute approximate surface area is 145 Å². The molecule has 1 aliphatic rings. The second-order valence-corrected chi connectivity index (χ2v) is 6.54. The van der Waals surface area contributed by atoms with E-state index < -0.39 is 16.0 Å². The number of hydrogen-bond acceptors (Lipinski definition) is 7. The largest absolute Gasteiger partial charge is 0.465 e. The van der Waals surface area contributed by atoms with Crippen molar-refractivity contribution >= 4 is 21.7 Å². The molecule has 0 aromatic heterocycles. The van der Waals surface area contributed by atoms with Crippen LogP contribution in [-0.4, -0.2) is 34.3 Å². The molecule has 0 unspecified atom stereocenters. The van der Waals surface area contributed by atoms with E-state index in [-0.39, 0.29) is 21.9 Å². The quantitative estimate of drug-likeness (QED) is 0.664. The summed E-state index contributed by atoms with van der Waals surface area (Å²) in [5.41, 5.74) is 0.649. The number of carbonyl (C=O) groups excluding carboxylic acids is 1. The van der Waals surface area contributed by atoms with Crippen LogP contribution in [0.15, 0.2) is 64.4 Å². The zero-order valence-electron chi connectivity index (χ0n) is 13.6. The van der Waals surface area contributed by atoms with Crippen molar-refractivity contribution in [2.24, 2.45) is 5.14 Å². The minimum Gasteiger partial charge on any atom is -0.465 e. The number of nitrogens with one attached hydrogen (secondary N) is 2. The van der Waals surface area contributed by atoms with Gasteiger partial charge in [-0.3, -0.25) is 0 Å². The third-order valence-corrected chi connectivity index (χ3v) is 4.16. The van der Waals surface area contributed by atoms with Crippen molar-refractivity contribution in [1.82, 2.24) is 5.32 Å². The summed E-state index contributed by atoms with van der Waals surface area (Å²) in [6.07, 6.45) is 4.37. The molecule has 0 atom stereocenters. The van der Waals surface area contributed by atoms with Gasteiger partial charge in [-0.2, -0.15) is 0 Å². The molecule has 1 aromatic rings. The number of rotatable bonds is 5. The fourth-order valence-electron chi connectivity index (χ4n) is 2.06. The molecule has 0 saturated carbocycles. The maximum atomic E-state index is 11.7. The average Bonchev–Trinajstić information content (AvgIpc) is 2.56. The van der Waals surface area contributed by atoms with Crippen molar-refractivity contribution in [3.8, 4) is 5.75 Å². The van der Waals surface area contributed by atoms with Gasteiger partial charge in [-0.05, 0) is 36.4 Å². The van der Waals surface area contributed by atoms with Crippen molar-refractivity contribution in [3.05, 3.63) is 59.5 Å². The van der Waals surface area contributed by atoms with Gasteiger partial charge in [0.05, 0.1) is 28.9 Å². The van der Waals surface area contributed by atoms with E-state index in [1.807, 2.05) is 0 Å². The predicted octanol–water partition coefficient (Wildman–Crippen LogP) is 0.833. The molecule has 0 fully saturated rings. The molecular formula is C16H17N3O5S. The van der Waals surface area contributed by atoms with E-state index >= 15 is 0 Å². The first kappa shape index (κ1) is 18.4. The van der Waals surface area contributed by atoms with E-state index in [0.717, 1.165) is 0 Å². The summed E-state index contributed by atoms with van der Waals surface area (Å²) in [6.45, 7) is 0. The molecule has 0 bridgehead atoms. The second kappa shape index (κ2) is 7.32. The van der Waals surface area contributed by atoms with Gasteiger partial charge in [-0.1, -0.05) is 0 Å². The van der Waals surface area contributed by atoms with Gasteiger partial charge in [0.1, 0.15) is 11.5 Å². The van der Waals surface area contributed by atoms with Crippen molar-refractivity contribution in [2.45, 2.75) is 4.90 Å². The zero-order chi connectivity index (χ0) is 18.6. The van der Waals surface area contributed by atoms with Crippen LogP contribution < -0.4 is 15.2 Å². The van der Waals surface area contributed by atoms with Crippen LogP contribution in [0.3, 0.4) is 0 Å². The lowest BCUT2D eigenvalue weighted by Crippen LogP contribution is -2.18. The highest BCUT2D eigenvalue weighted by atomic mass is 32.2. The Bertz CT molecular complexity index is 896. The summed E-state index contributed by atoms with van der Waals surface area (Å²) in [6, 6.07) is 5.46. The number of allylic oxidation sites excluding steroid dienone is 2. The summed E-state index contributed by atoms with van der Waals surface area (Å²) >= 11 is 0. The first-order valence-corrected chi connectivity index (χ1v) is 8.60. The Morgan fingerprint density at radius 1 is 1.24 bits per heavy atom. The van der Waals surface area contributed by atoms with Gasteiger partial charge < -0.3 is 20.2 Å². The molecule has 0 amide bonds. The van der Waals surface area contributed by atoms with E-state index in [2.05, 4.69) is 10.1 Å². The minimum atomic E-state index is -3.80. The number of benzene rings is 1. The van der Waals surface area contributed by atoms with Crippen LogP contribution in [0.1, 0.15) is 0 Å². The van der Waals surface area contributed by atoms with E-state index in [1.54, 1.807) is 13.2 Å². The van der Waals surface area contributed by atoms with Crippen LogP contribution in [-0.2, 0) is 19.6 Å². The van der Waals surface area contributed by atoms with Crippen molar-refractivity contribution in [1.29, 1.82) is 5.41 Å². The number of sulfonamides is 1. The number of carbonyl (C=O) groups is 1. The lowest BCUT2D eigenvalue weighted by atomic mass is 9.99. The minimum absolute atomic E-state index is 0.0497. The molecule has 9 heteroatoms. The third kappa shape index (κ3) is 4.34. The van der Waals surface area contributed by atoms with Gasteiger partial charge >= 0.3 is 5.97 Å². The van der Waals surface area contributed by atoms with Crippen LogP contribution in [0.2, 0.25) is 0 Å². The van der Waals surface area contributed by atoms with E-state index in [0.29, 0.717) is 11.3 Å². The smallest absolute Gasteiger partial charge is 0.338 e. The topological polar surface area (TPSA) is 132 Å². The number of ether oxygens (including phenoxy) is 2. The number of esters is 1. The van der Waals surface area contributed by atoms with E-state index in [1.165, 1.54) is 43.5 Å². The van der Waals surface area contributed by atoms with Crippen molar-refractivity contribution < 1.29 is 22.7 Å². The molecule has 0 heterocycles. The van der Waals surface area contributed by atoms with E-state index in [4.69, 9.17) is 15.3 Å². The SMILES string of the molecule is CN/C=C1\C(=N)C=C(C(=O)OC)C=C1Oc1ccc(S(N)(=O)=O)cc1. The first-order valence-electron chi connectivity index (χ1n) is 7.05. The normalized spacial score (nSPS) is 16.1. The number of methoxy groups -OCH3 is 1. The lowest BCUT2D eigenvalue weighted by molar-refractivity contribution is -0.135. The fraction of sp³-hybridized carbons (Fsp3) is 0.125. The molecule has 0 saturated heterocycles. The Morgan fingerprint density at radius 2 is 1.88 bits per heavy atom. The van der Waals surface area contributed by atoms with Gasteiger partial charge in [0.2, 0.25) is 10.0 Å². The molecular weight excluding hydrogens is 346 g/mol. The van der Waals surface area contributed by atoms with E-state index in [9.17, 15) is 13.2 Å². The fourth-order valence-corrected chi connectivity index (χ4v) is 2.58. The highest BCUT2D eigenvalue weighted by Gasteiger charge is 2.22. The lowest BCUT2D eigenvalue weighted by Gasteiger charge is -2.18. The van der Waals surface area contributed by atoms with Gasteiger partial charge in [-0.15, -0.1) is 0 Å². The zero-order valence-corrected chi connectivity index (χ0v) is 14.4. The number of primary sulfonamides is 1. The van der Waals surface area contributed by atoms with Crippen LogP contribution >= 0.6 is 0 Å². The Morgan fingerprint density at radius 3 is 2.40 bits per heavy atom. The average molecular weight is 363 g/mol. The predicted molar refractivity (Wildman–Crippen MR) is 91.5 cm³/mol. The first-order chi connectivity index (χ1) is 11.8.